The zero-order valence-corrected chi connectivity index (χ0v) is 9.92. The lowest BCUT2D eigenvalue weighted by atomic mass is 10.0. The van der Waals surface area contributed by atoms with Crippen molar-refractivity contribution in [1.29, 1.82) is 0 Å². The van der Waals surface area contributed by atoms with Gasteiger partial charge >= 0.3 is 0 Å². The summed E-state index contributed by atoms with van der Waals surface area (Å²) >= 11 is 0. The molecule has 0 N–H and O–H groups in total. The highest BCUT2D eigenvalue weighted by Gasteiger charge is 2.15. The number of rotatable bonds is 4. The lowest BCUT2D eigenvalue weighted by Gasteiger charge is -2.06. The fraction of sp³-hybridized carbons (Fsp3) is 0.455. The van der Waals surface area contributed by atoms with Crippen LogP contribution in [0.3, 0.4) is 0 Å². The molecule has 0 fully saturated rings. The Hall–Kier alpha value is -1.07. The molecule has 4 nitrogen and oxygen atoms in total. The topological polar surface area (TPSA) is 52.6 Å². The first kappa shape index (κ1) is 11.4. The van der Waals surface area contributed by atoms with Gasteiger partial charge < -0.3 is 4.74 Å². The van der Waals surface area contributed by atoms with Crippen LogP contribution in [0.1, 0.15) is 11.1 Å². The van der Waals surface area contributed by atoms with Crippen LogP contribution in [-0.2, 0) is 27.1 Å². The molecule has 1 aliphatic heterocycles. The molecule has 16 heavy (non-hydrogen) atoms. The first-order valence-corrected chi connectivity index (χ1v) is 6.96. The summed E-state index contributed by atoms with van der Waals surface area (Å²) in [5, 5.41) is 0. The molecule has 0 amide bonds. The first-order valence-electron chi connectivity index (χ1n) is 5.14. The SMILES string of the molecule is CS(=O)(=O)OCCc1cccc2c1CCO2. The van der Waals surface area contributed by atoms with Crippen molar-refractivity contribution in [3.63, 3.8) is 0 Å². The van der Waals surface area contributed by atoms with Crippen molar-refractivity contribution < 1.29 is 17.3 Å². The quantitative estimate of drug-likeness (QED) is 0.743. The molecule has 0 radical (unpaired) electrons. The molecular weight excluding hydrogens is 228 g/mol. The zero-order valence-electron chi connectivity index (χ0n) is 9.10. The van der Waals surface area contributed by atoms with Crippen LogP contribution in [0.25, 0.3) is 0 Å². The first-order chi connectivity index (χ1) is 7.56. The number of fused-ring (bicyclic) bond motifs is 1. The maximum absolute atomic E-state index is 10.8. The van der Waals surface area contributed by atoms with Crippen LogP contribution in [0.4, 0.5) is 0 Å². The van der Waals surface area contributed by atoms with E-state index in [-0.39, 0.29) is 6.61 Å². The number of hydrogen-bond donors (Lipinski definition) is 0. The third kappa shape index (κ3) is 2.74. The lowest BCUT2D eigenvalue weighted by Crippen LogP contribution is -2.07. The fourth-order valence-electron chi connectivity index (χ4n) is 1.83. The van der Waals surface area contributed by atoms with Gasteiger partial charge in [0.25, 0.3) is 10.1 Å². The van der Waals surface area contributed by atoms with Crippen LogP contribution in [0.5, 0.6) is 5.75 Å². The van der Waals surface area contributed by atoms with Gasteiger partial charge in [0.1, 0.15) is 5.75 Å². The molecule has 2 rings (SSSR count). The molecular formula is C11H14O4S. The molecule has 0 atom stereocenters. The van der Waals surface area contributed by atoms with Gasteiger partial charge in [-0.3, -0.25) is 4.18 Å². The normalized spacial score (nSPS) is 14.6. The number of hydrogen-bond acceptors (Lipinski definition) is 4. The van der Waals surface area contributed by atoms with Gasteiger partial charge in [0.15, 0.2) is 0 Å². The van der Waals surface area contributed by atoms with Gasteiger partial charge in [-0.05, 0) is 18.1 Å². The standard InChI is InChI=1S/C11H14O4S/c1-16(12,13)15-8-5-9-3-2-4-11-10(9)6-7-14-11/h2-4H,5-8H2,1H3. The maximum atomic E-state index is 10.8. The van der Waals surface area contributed by atoms with Crippen LogP contribution in [0.2, 0.25) is 0 Å². The summed E-state index contributed by atoms with van der Waals surface area (Å²) in [7, 11) is -3.34. The van der Waals surface area contributed by atoms with E-state index in [2.05, 4.69) is 0 Å². The van der Waals surface area contributed by atoms with Gasteiger partial charge in [-0.1, -0.05) is 12.1 Å². The average molecular weight is 242 g/mol. The fourth-order valence-corrected chi connectivity index (χ4v) is 2.22. The Morgan fingerprint density at radius 3 is 3.00 bits per heavy atom. The molecule has 0 aromatic heterocycles. The second kappa shape index (κ2) is 4.43. The predicted octanol–water partition coefficient (Wildman–Crippen LogP) is 1.14. The molecule has 5 heteroatoms. The van der Waals surface area contributed by atoms with E-state index < -0.39 is 10.1 Å². The van der Waals surface area contributed by atoms with Gasteiger partial charge in [0.05, 0.1) is 19.5 Å². The van der Waals surface area contributed by atoms with Crippen molar-refractivity contribution in [2.45, 2.75) is 12.8 Å². The van der Waals surface area contributed by atoms with Gasteiger partial charge in [-0.2, -0.15) is 8.42 Å². The molecule has 0 saturated heterocycles. The molecule has 88 valence electrons. The second-order valence-corrected chi connectivity index (χ2v) is 5.41. The van der Waals surface area contributed by atoms with Crippen LogP contribution < -0.4 is 4.74 Å². The van der Waals surface area contributed by atoms with Gasteiger partial charge in [-0.15, -0.1) is 0 Å². The molecule has 1 aromatic rings. The molecule has 0 saturated carbocycles. The Morgan fingerprint density at radius 1 is 1.44 bits per heavy atom. The van der Waals surface area contributed by atoms with Crippen LogP contribution >= 0.6 is 0 Å². The molecule has 0 spiro atoms. The summed E-state index contributed by atoms with van der Waals surface area (Å²) in [4.78, 5) is 0. The van der Waals surface area contributed by atoms with E-state index in [1.807, 2.05) is 18.2 Å². The van der Waals surface area contributed by atoms with Crippen LogP contribution in [0.15, 0.2) is 18.2 Å². The lowest BCUT2D eigenvalue weighted by molar-refractivity contribution is 0.325. The highest BCUT2D eigenvalue weighted by atomic mass is 32.2. The third-order valence-electron chi connectivity index (χ3n) is 2.51. The molecule has 1 aromatic carbocycles. The predicted molar refractivity (Wildman–Crippen MR) is 60.1 cm³/mol. The minimum Gasteiger partial charge on any atom is -0.493 e. The van der Waals surface area contributed by atoms with E-state index in [9.17, 15) is 8.42 Å². The van der Waals surface area contributed by atoms with Crippen molar-refractivity contribution in [2.24, 2.45) is 0 Å². The van der Waals surface area contributed by atoms with Crippen molar-refractivity contribution in [3.8, 4) is 5.75 Å². The second-order valence-electron chi connectivity index (χ2n) is 3.77. The van der Waals surface area contributed by atoms with Gasteiger partial charge in [0.2, 0.25) is 0 Å². The van der Waals surface area contributed by atoms with Gasteiger partial charge in [-0.25, -0.2) is 0 Å². The van der Waals surface area contributed by atoms with E-state index in [1.54, 1.807) is 0 Å². The van der Waals surface area contributed by atoms with Crippen molar-refractivity contribution >= 4 is 10.1 Å². The van der Waals surface area contributed by atoms with E-state index in [0.29, 0.717) is 13.0 Å². The summed E-state index contributed by atoms with van der Waals surface area (Å²) in [5.74, 6) is 0.914. The summed E-state index contributed by atoms with van der Waals surface area (Å²) in [6.45, 7) is 0.897. The van der Waals surface area contributed by atoms with Crippen LogP contribution in [-0.4, -0.2) is 27.9 Å². The van der Waals surface area contributed by atoms with E-state index in [4.69, 9.17) is 8.92 Å². The van der Waals surface area contributed by atoms with E-state index in [1.165, 1.54) is 5.56 Å². The maximum Gasteiger partial charge on any atom is 0.264 e. The molecule has 0 aliphatic carbocycles. The Morgan fingerprint density at radius 2 is 2.25 bits per heavy atom. The zero-order chi connectivity index (χ0) is 11.6. The molecule has 0 unspecified atom stereocenters. The Labute approximate surface area is 95.3 Å². The minimum atomic E-state index is -3.34. The van der Waals surface area contributed by atoms with Crippen molar-refractivity contribution in [3.05, 3.63) is 29.3 Å². The summed E-state index contributed by atoms with van der Waals surface area (Å²) < 4.78 is 31.8. The average Bonchev–Trinajstić information content (AvgIpc) is 2.64. The summed E-state index contributed by atoms with van der Waals surface area (Å²) in [6.07, 6.45) is 2.55. The Balaban J connectivity index is 2.03. The molecule has 0 bridgehead atoms. The highest BCUT2D eigenvalue weighted by molar-refractivity contribution is 7.85. The monoisotopic (exact) mass is 242 g/mol. The van der Waals surface area contributed by atoms with Crippen molar-refractivity contribution in [2.75, 3.05) is 19.5 Å². The van der Waals surface area contributed by atoms with E-state index >= 15 is 0 Å². The molecule has 1 aliphatic rings. The molecule has 1 heterocycles. The van der Waals surface area contributed by atoms with E-state index in [0.717, 1.165) is 24.0 Å². The Kier molecular flexibility index (Phi) is 3.16. The summed E-state index contributed by atoms with van der Waals surface area (Å²) in [5.41, 5.74) is 2.29. The minimum absolute atomic E-state index is 0.190. The summed E-state index contributed by atoms with van der Waals surface area (Å²) in [6, 6.07) is 5.84. The van der Waals surface area contributed by atoms with Gasteiger partial charge in [0, 0.05) is 12.0 Å². The largest absolute Gasteiger partial charge is 0.493 e. The number of benzene rings is 1. The van der Waals surface area contributed by atoms with Crippen molar-refractivity contribution in [1.82, 2.24) is 0 Å². The number of ether oxygens (including phenoxy) is 1. The third-order valence-corrected chi connectivity index (χ3v) is 3.10. The Bertz CT molecular complexity index is 479. The smallest absolute Gasteiger partial charge is 0.264 e. The highest BCUT2D eigenvalue weighted by Crippen LogP contribution is 2.28. The van der Waals surface area contributed by atoms with Crippen LogP contribution in [0, 0.1) is 0 Å².